The molecule has 3 nitrogen and oxygen atoms in total. The summed E-state index contributed by atoms with van der Waals surface area (Å²) in [5, 5.41) is 0. The molecule has 19 heavy (non-hydrogen) atoms. The van der Waals surface area contributed by atoms with Gasteiger partial charge in [0.2, 0.25) is 0 Å². The Labute approximate surface area is 116 Å². The third-order valence-corrected chi connectivity index (χ3v) is 3.89. The van der Waals surface area contributed by atoms with E-state index in [0.29, 0.717) is 0 Å². The Kier molecular flexibility index (Phi) is 5.67. The van der Waals surface area contributed by atoms with E-state index in [-0.39, 0.29) is 12.1 Å². The van der Waals surface area contributed by atoms with Crippen LogP contribution in [0.4, 0.5) is 0 Å². The maximum Gasteiger partial charge on any atom is 0.118 e. The summed E-state index contributed by atoms with van der Waals surface area (Å²) in [6, 6.07) is 8.39. The Morgan fingerprint density at radius 3 is 2.58 bits per heavy atom. The summed E-state index contributed by atoms with van der Waals surface area (Å²) in [7, 11) is 1.69. The second-order valence-corrected chi connectivity index (χ2v) is 5.31. The van der Waals surface area contributed by atoms with Crippen molar-refractivity contribution in [2.24, 2.45) is 5.73 Å². The van der Waals surface area contributed by atoms with E-state index >= 15 is 0 Å². The second kappa shape index (κ2) is 7.51. The summed E-state index contributed by atoms with van der Waals surface area (Å²) in [6.45, 7) is 0.755. The molecule has 1 aromatic carbocycles. The average Bonchev–Trinajstić information content (AvgIpc) is 2.65. The van der Waals surface area contributed by atoms with Crippen LogP contribution in [0.25, 0.3) is 0 Å². The van der Waals surface area contributed by atoms with Gasteiger partial charge in [-0.1, -0.05) is 31.4 Å². The Morgan fingerprint density at radius 2 is 1.84 bits per heavy atom. The minimum absolute atomic E-state index is 0.221. The number of methoxy groups -OCH3 is 1. The van der Waals surface area contributed by atoms with Crippen molar-refractivity contribution in [3.05, 3.63) is 29.8 Å². The van der Waals surface area contributed by atoms with Crippen LogP contribution in [0.1, 0.15) is 37.7 Å². The number of nitrogens with two attached hydrogens (primary N) is 1. The van der Waals surface area contributed by atoms with Crippen molar-refractivity contribution in [2.75, 3.05) is 13.7 Å². The van der Waals surface area contributed by atoms with Crippen LogP contribution in [0.2, 0.25) is 0 Å². The van der Waals surface area contributed by atoms with Gasteiger partial charge in [-0.05, 0) is 37.0 Å². The van der Waals surface area contributed by atoms with Crippen molar-refractivity contribution in [1.82, 2.24) is 0 Å². The molecular weight excluding hydrogens is 238 g/mol. The van der Waals surface area contributed by atoms with Crippen LogP contribution in [0.3, 0.4) is 0 Å². The van der Waals surface area contributed by atoms with E-state index in [2.05, 4.69) is 12.1 Å². The molecule has 0 aliphatic heterocycles. The summed E-state index contributed by atoms with van der Waals surface area (Å²) in [4.78, 5) is 0. The van der Waals surface area contributed by atoms with Crippen molar-refractivity contribution >= 4 is 0 Å². The normalized spacial score (nSPS) is 23.9. The van der Waals surface area contributed by atoms with Crippen LogP contribution >= 0.6 is 0 Å². The summed E-state index contributed by atoms with van der Waals surface area (Å²) in [6.07, 6.45) is 7.21. The standard InChI is InChI=1S/C16H25NO2/c1-18-14-9-7-13(8-10-14)11-12-19-16-6-4-2-3-5-15(16)17/h7-10,15-16H,2-6,11-12,17H2,1H3. The van der Waals surface area contributed by atoms with Crippen molar-refractivity contribution in [2.45, 2.75) is 50.7 Å². The molecule has 0 saturated heterocycles. The zero-order valence-corrected chi connectivity index (χ0v) is 11.8. The number of ether oxygens (including phenoxy) is 2. The fourth-order valence-electron chi connectivity index (χ4n) is 2.63. The Morgan fingerprint density at radius 1 is 1.11 bits per heavy atom. The molecule has 1 aliphatic carbocycles. The van der Waals surface area contributed by atoms with Gasteiger partial charge in [0.1, 0.15) is 5.75 Å². The summed E-state index contributed by atoms with van der Waals surface area (Å²) >= 11 is 0. The first-order valence-electron chi connectivity index (χ1n) is 7.29. The van der Waals surface area contributed by atoms with Gasteiger partial charge < -0.3 is 15.2 Å². The Bertz CT molecular complexity index is 364. The molecule has 3 heteroatoms. The number of hydrogen-bond acceptors (Lipinski definition) is 3. The van der Waals surface area contributed by atoms with Crippen LogP contribution < -0.4 is 10.5 Å². The van der Waals surface area contributed by atoms with Gasteiger partial charge in [-0.15, -0.1) is 0 Å². The van der Waals surface area contributed by atoms with Gasteiger partial charge in [0.05, 0.1) is 19.8 Å². The fraction of sp³-hybridized carbons (Fsp3) is 0.625. The number of benzene rings is 1. The van der Waals surface area contributed by atoms with E-state index in [1.54, 1.807) is 7.11 Å². The molecule has 1 aliphatic rings. The highest BCUT2D eigenvalue weighted by atomic mass is 16.5. The molecule has 0 aromatic heterocycles. The van der Waals surface area contributed by atoms with E-state index in [1.165, 1.54) is 24.8 Å². The maximum atomic E-state index is 6.15. The highest BCUT2D eigenvalue weighted by molar-refractivity contribution is 5.27. The third-order valence-electron chi connectivity index (χ3n) is 3.89. The zero-order chi connectivity index (χ0) is 13.5. The van der Waals surface area contributed by atoms with E-state index in [1.807, 2.05) is 12.1 Å². The van der Waals surface area contributed by atoms with Gasteiger partial charge in [0, 0.05) is 6.04 Å². The van der Waals surface area contributed by atoms with E-state index < -0.39 is 0 Å². The summed E-state index contributed by atoms with van der Waals surface area (Å²) < 4.78 is 11.1. The topological polar surface area (TPSA) is 44.5 Å². The lowest BCUT2D eigenvalue weighted by Crippen LogP contribution is -2.36. The fourth-order valence-corrected chi connectivity index (χ4v) is 2.63. The molecule has 1 aromatic rings. The van der Waals surface area contributed by atoms with Crippen molar-refractivity contribution in [3.63, 3.8) is 0 Å². The van der Waals surface area contributed by atoms with Crippen molar-refractivity contribution in [1.29, 1.82) is 0 Å². The molecule has 2 N–H and O–H groups in total. The number of rotatable bonds is 5. The molecule has 0 heterocycles. The third kappa shape index (κ3) is 4.51. The molecule has 1 saturated carbocycles. The molecule has 106 valence electrons. The first kappa shape index (κ1) is 14.4. The van der Waals surface area contributed by atoms with Crippen molar-refractivity contribution < 1.29 is 9.47 Å². The minimum Gasteiger partial charge on any atom is -0.497 e. The highest BCUT2D eigenvalue weighted by Gasteiger charge is 2.20. The quantitative estimate of drug-likeness (QED) is 0.831. The lowest BCUT2D eigenvalue weighted by atomic mass is 10.1. The van der Waals surface area contributed by atoms with E-state index in [4.69, 9.17) is 15.2 Å². The van der Waals surface area contributed by atoms with Crippen LogP contribution in [0.15, 0.2) is 24.3 Å². The van der Waals surface area contributed by atoms with Gasteiger partial charge in [-0.2, -0.15) is 0 Å². The summed E-state index contributed by atoms with van der Waals surface area (Å²) in [5.41, 5.74) is 7.44. The summed E-state index contributed by atoms with van der Waals surface area (Å²) in [5.74, 6) is 0.899. The first-order chi connectivity index (χ1) is 9.29. The smallest absolute Gasteiger partial charge is 0.118 e. The van der Waals surface area contributed by atoms with Crippen LogP contribution in [0, 0.1) is 0 Å². The predicted molar refractivity (Wildman–Crippen MR) is 77.5 cm³/mol. The minimum atomic E-state index is 0.221. The molecule has 2 rings (SSSR count). The van der Waals surface area contributed by atoms with Gasteiger partial charge in [0.15, 0.2) is 0 Å². The van der Waals surface area contributed by atoms with Crippen LogP contribution in [-0.2, 0) is 11.2 Å². The van der Waals surface area contributed by atoms with Crippen LogP contribution in [-0.4, -0.2) is 25.9 Å². The van der Waals surface area contributed by atoms with Gasteiger partial charge in [-0.25, -0.2) is 0 Å². The lowest BCUT2D eigenvalue weighted by molar-refractivity contribution is 0.0332. The van der Waals surface area contributed by atoms with Crippen LogP contribution in [0.5, 0.6) is 5.75 Å². The van der Waals surface area contributed by atoms with Crippen molar-refractivity contribution in [3.8, 4) is 5.75 Å². The number of hydrogen-bond donors (Lipinski definition) is 1. The zero-order valence-electron chi connectivity index (χ0n) is 11.8. The molecule has 0 bridgehead atoms. The maximum absolute atomic E-state index is 6.15. The second-order valence-electron chi connectivity index (χ2n) is 5.31. The monoisotopic (exact) mass is 263 g/mol. The SMILES string of the molecule is COc1ccc(CCOC2CCCCCC2N)cc1. The first-order valence-corrected chi connectivity index (χ1v) is 7.29. The molecule has 0 spiro atoms. The largest absolute Gasteiger partial charge is 0.497 e. The molecule has 2 atom stereocenters. The van der Waals surface area contributed by atoms with E-state index in [9.17, 15) is 0 Å². The average molecular weight is 263 g/mol. The predicted octanol–water partition coefficient (Wildman–Crippen LogP) is 2.91. The lowest BCUT2D eigenvalue weighted by Gasteiger charge is -2.21. The Balaban J connectivity index is 1.75. The molecule has 0 amide bonds. The Hall–Kier alpha value is -1.06. The molecular formula is C16H25NO2. The molecule has 1 fully saturated rings. The molecule has 2 unspecified atom stereocenters. The van der Waals surface area contributed by atoms with Gasteiger partial charge >= 0.3 is 0 Å². The highest BCUT2D eigenvalue weighted by Crippen LogP contribution is 2.19. The molecule has 0 radical (unpaired) electrons. The van der Waals surface area contributed by atoms with Gasteiger partial charge in [-0.3, -0.25) is 0 Å². The van der Waals surface area contributed by atoms with Gasteiger partial charge in [0.25, 0.3) is 0 Å². The van der Waals surface area contributed by atoms with E-state index in [0.717, 1.165) is 31.6 Å².